The third-order valence-corrected chi connectivity index (χ3v) is 3.39. The molecule has 19 heavy (non-hydrogen) atoms. The van der Waals surface area contributed by atoms with Crippen LogP contribution < -0.4 is 10.1 Å². The molecule has 2 rings (SSSR count). The first-order valence-corrected chi connectivity index (χ1v) is 7.40. The van der Waals surface area contributed by atoms with Crippen LogP contribution in [0.4, 0.5) is 5.82 Å². The predicted octanol–water partition coefficient (Wildman–Crippen LogP) is 2.77. The van der Waals surface area contributed by atoms with Crippen LogP contribution in [0.25, 0.3) is 0 Å². The second-order valence-corrected chi connectivity index (χ2v) is 4.99. The topological polar surface area (TPSA) is 37.4 Å². The van der Waals surface area contributed by atoms with Crippen molar-refractivity contribution in [3.8, 4) is 5.75 Å². The fraction of sp³-hybridized carbons (Fsp3) is 0.667. The van der Waals surface area contributed by atoms with Gasteiger partial charge >= 0.3 is 0 Å². The third-order valence-electron chi connectivity index (χ3n) is 3.39. The van der Waals surface area contributed by atoms with Gasteiger partial charge in [0.1, 0.15) is 0 Å². The zero-order valence-electron chi connectivity index (χ0n) is 12.1. The molecule has 106 valence electrons. The molecule has 0 saturated heterocycles. The van der Waals surface area contributed by atoms with Gasteiger partial charge in [-0.05, 0) is 37.9 Å². The average Bonchev–Trinajstić information content (AvgIpc) is 3.27. The number of hydrogen-bond acceptors (Lipinski definition) is 4. The molecule has 4 nitrogen and oxygen atoms in total. The Kier molecular flexibility index (Phi) is 5.45. The lowest BCUT2D eigenvalue weighted by molar-refractivity contribution is 0.288. The SMILES string of the molecule is CCCOc1cccnc1NCCN(CC)C1CC1. The summed E-state index contributed by atoms with van der Waals surface area (Å²) in [4.78, 5) is 6.89. The van der Waals surface area contributed by atoms with Gasteiger partial charge in [-0.25, -0.2) is 4.98 Å². The van der Waals surface area contributed by atoms with Crippen molar-refractivity contribution >= 4 is 5.82 Å². The average molecular weight is 263 g/mol. The molecule has 0 atom stereocenters. The Morgan fingerprint density at radius 1 is 1.42 bits per heavy atom. The molecule has 0 aliphatic heterocycles. The number of hydrogen-bond donors (Lipinski definition) is 1. The Balaban J connectivity index is 1.80. The van der Waals surface area contributed by atoms with E-state index in [1.165, 1.54) is 12.8 Å². The maximum atomic E-state index is 5.69. The second-order valence-electron chi connectivity index (χ2n) is 4.99. The van der Waals surface area contributed by atoms with E-state index in [0.717, 1.165) is 50.3 Å². The van der Waals surface area contributed by atoms with E-state index in [4.69, 9.17) is 4.74 Å². The lowest BCUT2D eigenvalue weighted by Gasteiger charge is -2.20. The maximum absolute atomic E-state index is 5.69. The first-order chi connectivity index (χ1) is 9.35. The van der Waals surface area contributed by atoms with E-state index in [0.29, 0.717) is 0 Å². The largest absolute Gasteiger partial charge is 0.490 e. The summed E-state index contributed by atoms with van der Waals surface area (Å²) in [6, 6.07) is 4.72. The number of ether oxygens (including phenoxy) is 1. The van der Waals surface area contributed by atoms with Gasteiger partial charge in [-0.2, -0.15) is 0 Å². The van der Waals surface area contributed by atoms with Crippen LogP contribution in [0.2, 0.25) is 0 Å². The van der Waals surface area contributed by atoms with Gasteiger partial charge in [-0.3, -0.25) is 4.90 Å². The van der Waals surface area contributed by atoms with Gasteiger partial charge in [0.15, 0.2) is 11.6 Å². The van der Waals surface area contributed by atoms with Gasteiger partial charge in [0.25, 0.3) is 0 Å². The van der Waals surface area contributed by atoms with Crippen LogP contribution in [0, 0.1) is 0 Å². The molecule has 1 aliphatic rings. The maximum Gasteiger partial charge on any atom is 0.168 e. The highest BCUT2D eigenvalue weighted by Gasteiger charge is 2.27. The first-order valence-electron chi connectivity index (χ1n) is 7.40. The van der Waals surface area contributed by atoms with Gasteiger partial charge < -0.3 is 10.1 Å². The van der Waals surface area contributed by atoms with E-state index in [1.54, 1.807) is 6.20 Å². The summed E-state index contributed by atoms with van der Waals surface area (Å²) in [5, 5.41) is 3.39. The molecule has 0 bridgehead atoms. The summed E-state index contributed by atoms with van der Waals surface area (Å²) in [6.45, 7) is 8.21. The van der Waals surface area contributed by atoms with Crippen LogP contribution in [-0.4, -0.2) is 42.2 Å². The second kappa shape index (κ2) is 7.34. The van der Waals surface area contributed by atoms with Crippen molar-refractivity contribution in [2.75, 3.05) is 31.6 Å². The van der Waals surface area contributed by atoms with Gasteiger partial charge in [0.05, 0.1) is 6.61 Å². The molecule has 4 heteroatoms. The summed E-state index contributed by atoms with van der Waals surface area (Å²) < 4.78 is 5.69. The third kappa shape index (κ3) is 4.39. The summed E-state index contributed by atoms with van der Waals surface area (Å²) in [5.41, 5.74) is 0. The standard InChI is InChI=1S/C15H25N3O/c1-3-12-19-14-6-5-9-16-15(14)17-10-11-18(4-2)13-7-8-13/h5-6,9,13H,3-4,7-8,10-12H2,1-2H3,(H,16,17). The summed E-state index contributed by atoms with van der Waals surface area (Å²) in [5.74, 6) is 1.72. The fourth-order valence-electron chi connectivity index (χ4n) is 2.21. The van der Waals surface area contributed by atoms with Gasteiger partial charge in [-0.1, -0.05) is 13.8 Å². The van der Waals surface area contributed by atoms with Crippen molar-refractivity contribution in [3.05, 3.63) is 18.3 Å². The molecule has 1 aromatic rings. The fourth-order valence-corrected chi connectivity index (χ4v) is 2.21. The van der Waals surface area contributed by atoms with Crippen LogP contribution >= 0.6 is 0 Å². The van der Waals surface area contributed by atoms with Gasteiger partial charge in [0.2, 0.25) is 0 Å². The number of nitrogens with zero attached hydrogens (tertiary/aromatic N) is 2. The zero-order chi connectivity index (χ0) is 13.5. The van der Waals surface area contributed by atoms with Crippen molar-refractivity contribution in [1.29, 1.82) is 0 Å². The minimum Gasteiger partial charge on any atom is -0.490 e. The smallest absolute Gasteiger partial charge is 0.168 e. The van der Waals surface area contributed by atoms with E-state index >= 15 is 0 Å². The number of rotatable bonds is 9. The number of aromatic nitrogens is 1. The van der Waals surface area contributed by atoms with Crippen molar-refractivity contribution in [2.45, 2.75) is 39.2 Å². The normalized spacial score (nSPS) is 14.7. The minimum absolute atomic E-state index is 0.740. The molecule has 1 saturated carbocycles. The molecule has 1 fully saturated rings. The Bertz CT molecular complexity index is 379. The predicted molar refractivity (Wildman–Crippen MR) is 78.8 cm³/mol. The Labute approximate surface area is 116 Å². The van der Waals surface area contributed by atoms with Crippen molar-refractivity contribution in [1.82, 2.24) is 9.88 Å². The quantitative estimate of drug-likeness (QED) is 0.743. The van der Waals surface area contributed by atoms with E-state index in [2.05, 4.69) is 29.0 Å². The van der Waals surface area contributed by atoms with Crippen LogP contribution in [0.1, 0.15) is 33.1 Å². The molecule has 0 amide bonds. The van der Waals surface area contributed by atoms with Crippen LogP contribution in [0.3, 0.4) is 0 Å². The van der Waals surface area contributed by atoms with Crippen LogP contribution in [0.5, 0.6) is 5.75 Å². The van der Waals surface area contributed by atoms with Crippen LogP contribution in [-0.2, 0) is 0 Å². The van der Waals surface area contributed by atoms with Gasteiger partial charge in [-0.15, -0.1) is 0 Å². The molecule has 0 aromatic carbocycles. The van der Waals surface area contributed by atoms with Crippen molar-refractivity contribution in [2.24, 2.45) is 0 Å². The molecule has 0 radical (unpaired) electrons. The molecule has 1 aliphatic carbocycles. The lowest BCUT2D eigenvalue weighted by atomic mass is 10.4. The Morgan fingerprint density at radius 2 is 2.26 bits per heavy atom. The highest BCUT2D eigenvalue weighted by molar-refractivity contribution is 5.49. The Hall–Kier alpha value is -1.29. The van der Waals surface area contributed by atoms with E-state index in [1.807, 2.05) is 12.1 Å². The number of pyridine rings is 1. The van der Waals surface area contributed by atoms with E-state index in [9.17, 15) is 0 Å². The number of anilines is 1. The van der Waals surface area contributed by atoms with Crippen molar-refractivity contribution in [3.63, 3.8) is 0 Å². The minimum atomic E-state index is 0.740. The summed E-state index contributed by atoms with van der Waals surface area (Å²) >= 11 is 0. The summed E-state index contributed by atoms with van der Waals surface area (Å²) in [6.07, 6.45) is 5.55. The molecule has 1 heterocycles. The molecule has 0 unspecified atom stereocenters. The molecule has 1 N–H and O–H groups in total. The first kappa shape index (κ1) is 14.1. The number of nitrogens with one attached hydrogen (secondary N) is 1. The summed E-state index contributed by atoms with van der Waals surface area (Å²) in [7, 11) is 0. The highest BCUT2D eigenvalue weighted by Crippen LogP contribution is 2.26. The number of likely N-dealkylation sites (N-methyl/N-ethyl adjacent to an activating group) is 1. The molecule has 1 aromatic heterocycles. The monoisotopic (exact) mass is 263 g/mol. The molecular formula is C15H25N3O. The van der Waals surface area contributed by atoms with Crippen molar-refractivity contribution < 1.29 is 4.74 Å². The zero-order valence-corrected chi connectivity index (χ0v) is 12.1. The highest BCUT2D eigenvalue weighted by atomic mass is 16.5. The van der Waals surface area contributed by atoms with E-state index < -0.39 is 0 Å². The lowest BCUT2D eigenvalue weighted by Crippen LogP contribution is -2.31. The molecular weight excluding hydrogens is 238 g/mol. The van der Waals surface area contributed by atoms with Crippen LogP contribution in [0.15, 0.2) is 18.3 Å². The van der Waals surface area contributed by atoms with E-state index in [-0.39, 0.29) is 0 Å². The Morgan fingerprint density at radius 3 is 2.95 bits per heavy atom. The molecule has 0 spiro atoms. The van der Waals surface area contributed by atoms with Gasteiger partial charge in [0, 0.05) is 25.3 Å².